The number of hydrogen-bond acceptors (Lipinski definition) is 3. The van der Waals surface area contributed by atoms with Crippen molar-refractivity contribution in [3.8, 4) is 11.9 Å². The summed E-state index contributed by atoms with van der Waals surface area (Å²) in [6.07, 6.45) is 0. The first kappa shape index (κ1) is 10.3. The molecule has 0 spiro atoms. The molecule has 0 saturated carbocycles. The molecule has 0 aliphatic rings. The molecule has 74 valence electrons. The minimum atomic E-state index is -1.84. The third-order valence-corrected chi connectivity index (χ3v) is 1.77. The van der Waals surface area contributed by atoms with Crippen molar-refractivity contribution in [2.45, 2.75) is 19.5 Å². The second kappa shape index (κ2) is 3.14. The van der Waals surface area contributed by atoms with Crippen LogP contribution in [0, 0.1) is 11.3 Å². The van der Waals surface area contributed by atoms with Crippen LogP contribution >= 0.6 is 0 Å². The van der Waals surface area contributed by atoms with Gasteiger partial charge in [0.05, 0.1) is 0 Å². The molecule has 0 atom stereocenters. The van der Waals surface area contributed by atoms with Crippen molar-refractivity contribution >= 4 is 0 Å². The summed E-state index contributed by atoms with van der Waals surface area (Å²) in [5, 5.41) is 17.7. The minimum absolute atomic E-state index is 0.110. The van der Waals surface area contributed by atoms with Gasteiger partial charge in [-0.3, -0.25) is 9.78 Å². The lowest BCUT2D eigenvalue weighted by atomic mass is 9.97. The molecule has 0 unspecified atom stereocenters. The van der Waals surface area contributed by atoms with E-state index >= 15 is 0 Å². The summed E-state index contributed by atoms with van der Waals surface area (Å²) in [5.74, 6) is -0.449. The van der Waals surface area contributed by atoms with Crippen molar-refractivity contribution in [1.29, 1.82) is 5.26 Å². The molecular formula is C9H9FN2O2. The van der Waals surface area contributed by atoms with Gasteiger partial charge in [-0.1, -0.05) is 0 Å². The zero-order valence-corrected chi connectivity index (χ0v) is 7.76. The third kappa shape index (κ3) is 1.74. The van der Waals surface area contributed by atoms with Gasteiger partial charge in [0, 0.05) is 11.6 Å². The van der Waals surface area contributed by atoms with Crippen molar-refractivity contribution in [1.82, 2.24) is 4.98 Å². The van der Waals surface area contributed by atoms with Crippen LogP contribution in [-0.2, 0) is 5.67 Å². The molecule has 1 rings (SSSR count). The quantitative estimate of drug-likeness (QED) is 0.707. The average Bonchev–Trinajstić information content (AvgIpc) is 2.01. The highest BCUT2D eigenvalue weighted by atomic mass is 19.1. The second-order valence-corrected chi connectivity index (χ2v) is 3.36. The predicted molar refractivity (Wildman–Crippen MR) is 47.6 cm³/mol. The maximum absolute atomic E-state index is 13.5. The molecule has 0 amide bonds. The Balaban J connectivity index is 3.59. The van der Waals surface area contributed by atoms with Gasteiger partial charge in [-0.2, -0.15) is 5.26 Å². The molecule has 0 bridgehead atoms. The number of pyridine rings is 1. The monoisotopic (exact) mass is 196 g/mol. The van der Waals surface area contributed by atoms with E-state index < -0.39 is 17.1 Å². The highest BCUT2D eigenvalue weighted by molar-refractivity contribution is 5.41. The molecule has 0 fully saturated rings. The smallest absolute Gasteiger partial charge is 0.269 e. The van der Waals surface area contributed by atoms with E-state index in [0.29, 0.717) is 0 Å². The SMILES string of the molecule is CC(C)(F)c1cc(O)[nH]c(=O)c1C#N. The number of nitrogens with one attached hydrogen (secondary N) is 1. The van der Waals surface area contributed by atoms with Gasteiger partial charge < -0.3 is 5.11 Å². The average molecular weight is 196 g/mol. The van der Waals surface area contributed by atoms with E-state index in [1.54, 1.807) is 6.07 Å². The van der Waals surface area contributed by atoms with E-state index in [-0.39, 0.29) is 11.1 Å². The number of halogens is 1. The molecule has 2 N–H and O–H groups in total. The summed E-state index contributed by atoms with van der Waals surface area (Å²) >= 11 is 0. The number of H-pyrrole nitrogens is 1. The van der Waals surface area contributed by atoms with Gasteiger partial charge in [-0.05, 0) is 13.8 Å². The molecular weight excluding hydrogens is 187 g/mol. The first-order valence-corrected chi connectivity index (χ1v) is 3.92. The Morgan fingerprint density at radius 3 is 2.64 bits per heavy atom. The molecule has 0 saturated heterocycles. The first-order valence-electron chi connectivity index (χ1n) is 3.92. The number of aromatic amines is 1. The number of nitriles is 1. The first-order chi connectivity index (χ1) is 6.36. The lowest BCUT2D eigenvalue weighted by molar-refractivity contribution is 0.219. The van der Waals surface area contributed by atoms with Crippen LogP contribution in [-0.4, -0.2) is 10.1 Å². The number of rotatable bonds is 1. The molecule has 1 heterocycles. The van der Waals surface area contributed by atoms with Crippen LogP contribution in [0.15, 0.2) is 10.9 Å². The lowest BCUT2D eigenvalue weighted by Crippen LogP contribution is -2.20. The van der Waals surface area contributed by atoms with Crippen LogP contribution in [0.4, 0.5) is 4.39 Å². The van der Waals surface area contributed by atoms with Crippen LogP contribution in [0.25, 0.3) is 0 Å². The van der Waals surface area contributed by atoms with Gasteiger partial charge >= 0.3 is 0 Å². The van der Waals surface area contributed by atoms with Crippen LogP contribution in [0.3, 0.4) is 0 Å². The number of hydrogen-bond donors (Lipinski definition) is 2. The summed E-state index contributed by atoms with van der Waals surface area (Å²) < 4.78 is 13.5. The predicted octanol–water partition coefficient (Wildman–Crippen LogP) is 1.16. The van der Waals surface area contributed by atoms with Crippen molar-refractivity contribution in [3.63, 3.8) is 0 Å². The molecule has 5 heteroatoms. The molecule has 0 radical (unpaired) electrons. The zero-order valence-electron chi connectivity index (χ0n) is 7.76. The lowest BCUT2D eigenvalue weighted by Gasteiger charge is -2.15. The standard InChI is InChI=1S/C9H9FN2O2/c1-9(2,10)6-3-7(13)12-8(14)5(6)4-11/h3H,1-2H3,(H2,12,13,14). The fraction of sp³-hybridized carbons (Fsp3) is 0.333. The van der Waals surface area contributed by atoms with Gasteiger partial charge in [-0.15, -0.1) is 0 Å². The van der Waals surface area contributed by atoms with Gasteiger partial charge in [0.1, 0.15) is 17.3 Å². The maximum Gasteiger partial charge on any atom is 0.269 e. The Hall–Kier alpha value is -1.83. The van der Waals surface area contributed by atoms with Crippen LogP contribution in [0.1, 0.15) is 25.0 Å². The number of alkyl halides is 1. The Morgan fingerprint density at radius 1 is 1.64 bits per heavy atom. The van der Waals surface area contributed by atoms with Crippen LogP contribution < -0.4 is 5.56 Å². The van der Waals surface area contributed by atoms with E-state index in [2.05, 4.69) is 0 Å². The molecule has 1 aromatic heterocycles. The van der Waals surface area contributed by atoms with E-state index in [0.717, 1.165) is 6.07 Å². The molecule has 0 aliphatic carbocycles. The van der Waals surface area contributed by atoms with Gasteiger partial charge in [0.2, 0.25) is 0 Å². The van der Waals surface area contributed by atoms with E-state index in [4.69, 9.17) is 10.4 Å². The zero-order chi connectivity index (χ0) is 10.9. The van der Waals surface area contributed by atoms with Gasteiger partial charge in [0.15, 0.2) is 5.88 Å². The molecule has 14 heavy (non-hydrogen) atoms. The summed E-state index contributed by atoms with van der Waals surface area (Å²) in [6, 6.07) is 2.64. The summed E-state index contributed by atoms with van der Waals surface area (Å²) in [4.78, 5) is 13.1. The van der Waals surface area contributed by atoms with Gasteiger partial charge in [-0.25, -0.2) is 4.39 Å². The fourth-order valence-corrected chi connectivity index (χ4v) is 1.13. The second-order valence-electron chi connectivity index (χ2n) is 3.36. The third-order valence-electron chi connectivity index (χ3n) is 1.77. The summed E-state index contributed by atoms with van der Waals surface area (Å²) in [7, 11) is 0. The Kier molecular flexibility index (Phi) is 2.30. The summed E-state index contributed by atoms with van der Waals surface area (Å²) in [6.45, 7) is 2.42. The van der Waals surface area contributed by atoms with E-state index in [1.807, 2.05) is 4.98 Å². The minimum Gasteiger partial charge on any atom is -0.494 e. The Bertz CT molecular complexity index is 451. The van der Waals surface area contributed by atoms with Crippen molar-refractivity contribution in [2.24, 2.45) is 0 Å². The highest BCUT2D eigenvalue weighted by Gasteiger charge is 2.25. The molecule has 0 aliphatic heterocycles. The highest BCUT2D eigenvalue weighted by Crippen LogP contribution is 2.27. The molecule has 1 aromatic rings. The normalized spacial score (nSPS) is 11.0. The fourth-order valence-electron chi connectivity index (χ4n) is 1.13. The topological polar surface area (TPSA) is 76.9 Å². The van der Waals surface area contributed by atoms with Crippen LogP contribution in [0.2, 0.25) is 0 Å². The van der Waals surface area contributed by atoms with Crippen molar-refractivity contribution in [2.75, 3.05) is 0 Å². The maximum atomic E-state index is 13.5. The van der Waals surface area contributed by atoms with Crippen LogP contribution in [0.5, 0.6) is 5.88 Å². The Morgan fingerprint density at radius 2 is 2.21 bits per heavy atom. The van der Waals surface area contributed by atoms with E-state index in [9.17, 15) is 9.18 Å². The summed E-state index contributed by atoms with van der Waals surface area (Å²) in [5.41, 5.74) is -3.04. The molecule has 4 nitrogen and oxygen atoms in total. The molecule has 0 aromatic carbocycles. The number of aromatic hydroxyl groups is 1. The van der Waals surface area contributed by atoms with Crippen molar-refractivity contribution < 1.29 is 9.50 Å². The van der Waals surface area contributed by atoms with Gasteiger partial charge in [0.25, 0.3) is 5.56 Å². The Labute approximate surface area is 79.6 Å². The number of nitrogens with zero attached hydrogens (tertiary/aromatic N) is 1. The van der Waals surface area contributed by atoms with E-state index in [1.165, 1.54) is 13.8 Å². The largest absolute Gasteiger partial charge is 0.494 e. The number of aromatic nitrogens is 1. The van der Waals surface area contributed by atoms with Crippen molar-refractivity contribution in [3.05, 3.63) is 27.5 Å².